The summed E-state index contributed by atoms with van der Waals surface area (Å²) in [4.78, 5) is 60.6. The first-order chi connectivity index (χ1) is 17.3. The molecule has 3 N–H and O–H groups in total. The van der Waals surface area contributed by atoms with Gasteiger partial charge in [0, 0.05) is 18.1 Å². The van der Waals surface area contributed by atoms with E-state index in [0.717, 1.165) is 11.3 Å². The maximum absolute atomic E-state index is 12.9. The van der Waals surface area contributed by atoms with Gasteiger partial charge in [-0.05, 0) is 18.2 Å². The number of thioether (sulfide) groups is 1. The number of esters is 2. The molecule has 3 heterocycles. The summed E-state index contributed by atoms with van der Waals surface area (Å²) in [5, 5.41) is 7.56. The molecule has 1 fully saturated rings. The molecule has 2 aromatic rings. The van der Waals surface area contributed by atoms with Crippen LogP contribution >= 0.6 is 23.1 Å². The third-order valence-electron chi connectivity index (χ3n) is 5.06. The van der Waals surface area contributed by atoms with E-state index in [0.29, 0.717) is 11.3 Å². The number of nitrogens with one attached hydrogen (secondary N) is 1. The Morgan fingerprint density at radius 3 is 2.61 bits per heavy atom. The summed E-state index contributed by atoms with van der Waals surface area (Å²) in [5.74, 6) is -2.27. The second-order valence-corrected chi connectivity index (χ2v) is 9.45. The zero-order valence-corrected chi connectivity index (χ0v) is 20.7. The summed E-state index contributed by atoms with van der Waals surface area (Å²) in [6.07, 6.45) is 0.352. The molecule has 0 spiro atoms. The molecule has 2 aliphatic heterocycles. The lowest BCUT2D eigenvalue weighted by Gasteiger charge is -2.48. The third-order valence-corrected chi connectivity index (χ3v) is 6.92. The average Bonchev–Trinajstić information content (AvgIpc) is 3.31. The van der Waals surface area contributed by atoms with Crippen LogP contribution in [0.2, 0.25) is 0 Å². The van der Waals surface area contributed by atoms with E-state index in [4.69, 9.17) is 20.0 Å². The number of nitrogen functional groups attached to an aromatic ring is 1. The van der Waals surface area contributed by atoms with Crippen LogP contribution in [0.25, 0.3) is 0 Å². The fraction of sp³-hybridized carbons (Fsp3) is 0.273. The number of benzene rings is 1. The highest BCUT2D eigenvalue weighted by Gasteiger charge is 2.53. The Balaban J connectivity index is 1.37. The number of amides is 2. The Bertz CT molecular complexity index is 1250. The van der Waals surface area contributed by atoms with Crippen LogP contribution in [0.15, 0.2) is 52.6 Å². The minimum atomic E-state index is -1.19. The van der Waals surface area contributed by atoms with Gasteiger partial charge in [-0.3, -0.25) is 14.5 Å². The number of nitrogens with zero attached hydrogens (tertiary/aromatic N) is 3. The van der Waals surface area contributed by atoms with Crippen LogP contribution in [-0.4, -0.2) is 69.9 Å². The molecule has 0 saturated carbocycles. The van der Waals surface area contributed by atoms with Gasteiger partial charge in [-0.25, -0.2) is 14.6 Å². The second-order valence-electron chi connectivity index (χ2n) is 7.41. The Kier molecular flexibility index (Phi) is 7.55. The summed E-state index contributed by atoms with van der Waals surface area (Å²) < 4.78 is 10.4. The molecular weight excluding hydrogens is 510 g/mol. The molecule has 1 aromatic heterocycles. The summed E-state index contributed by atoms with van der Waals surface area (Å²) in [6, 6.07) is 7.34. The van der Waals surface area contributed by atoms with Crippen LogP contribution in [0, 0.1) is 0 Å². The summed E-state index contributed by atoms with van der Waals surface area (Å²) >= 11 is 2.48. The number of carbonyl (C=O) groups is 4. The van der Waals surface area contributed by atoms with E-state index < -0.39 is 41.5 Å². The number of rotatable bonds is 8. The van der Waals surface area contributed by atoms with Crippen LogP contribution in [0.4, 0.5) is 5.13 Å². The minimum absolute atomic E-state index is 0.00918. The number of fused-ring (bicyclic) bond motifs is 1. The van der Waals surface area contributed by atoms with E-state index in [-0.39, 0.29) is 22.2 Å². The number of β-lactam (4-membered cyclic amide) rings is 1. The molecule has 188 valence electrons. The number of oxime groups is 1. The molecule has 2 unspecified atom stereocenters. The standard InChI is InChI=1S/C22H21N5O7S2/c1-11(33-20(30)12-6-4-3-5-7-12)34-21(31)14-8-9-35-19-16(18(29)27(14)19)25-17(28)15(26-32-2)13-10-36-22(23)24-13/h3-8,10-11,16,19H,9H2,1-2H3,(H2,23,24)(H,25,28)/t11?,16?,19-/m1/s1. The zero-order valence-electron chi connectivity index (χ0n) is 19.1. The van der Waals surface area contributed by atoms with Crippen molar-refractivity contribution in [3.8, 4) is 0 Å². The van der Waals surface area contributed by atoms with E-state index in [9.17, 15) is 19.2 Å². The molecule has 1 saturated heterocycles. The number of thiazole rings is 1. The van der Waals surface area contributed by atoms with Gasteiger partial charge in [-0.15, -0.1) is 23.1 Å². The van der Waals surface area contributed by atoms with Crippen molar-refractivity contribution < 1.29 is 33.5 Å². The van der Waals surface area contributed by atoms with Gasteiger partial charge in [0.05, 0.1) is 5.56 Å². The highest BCUT2D eigenvalue weighted by molar-refractivity contribution is 8.00. The number of hydrogen-bond donors (Lipinski definition) is 2. The lowest BCUT2D eigenvalue weighted by molar-refractivity contribution is -0.166. The van der Waals surface area contributed by atoms with Crippen molar-refractivity contribution in [3.63, 3.8) is 0 Å². The maximum Gasteiger partial charge on any atom is 0.357 e. The largest absolute Gasteiger partial charge is 0.422 e. The average molecular weight is 532 g/mol. The fourth-order valence-electron chi connectivity index (χ4n) is 3.46. The SMILES string of the molecule is CON=C(C(=O)NC1C(=O)N2C(C(=O)OC(C)OC(=O)c3ccccc3)=CCS[C@H]12)c1csc(N)n1. The predicted octanol–water partition coefficient (Wildman–Crippen LogP) is 1.11. The highest BCUT2D eigenvalue weighted by Crippen LogP contribution is 2.38. The summed E-state index contributed by atoms with van der Waals surface area (Å²) in [5.41, 5.74) is 6.02. The number of nitrogens with two attached hydrogens (primary N) is 1. The van der Waals surface area contributed by atoms with Crippen molar-refractivity contribution in [1.29, 1.82) is 0 Å². The van der Waals surface area contributed by atoms with E-state index in [1.807, 2.05) is 0 Å². The number of ether oxygens (including phenoxy) is 2. The molecule has 3 atom stereocenters. The van der Waals surface area contributed by atoms with Gasteiger partial charge in [0.25, 0.3) is 11.8 Å². The Morgan fingerprint density at radius 1 is 1.22 bits per heavy atom. The first-order valence-electron chi connectivity index (χ1n) is 10.6. The molecule has 14 heteroatoms. The topological polar surface area (TPSA) is 163 Å². The molecule has 2 aliphatic rings. The molecule has 1 aromatic carbocycles. The van der Waals surface area contributed by atoms with Crippen molar-refractivity contribution in [2.45, 2.75) is 24.6 Å². The number of aromatic nitrogens is 1. The molecule has 36 heavy (non-hydrogen) atoms. The van der Waals surface area contributed by atoms with Crippen molar-refractivity contribution in [2.75, 3.05) is 18.6 Å². The highest BCUT2D eigenvalue weighted by atomic mass is 32.2. The van der Waals surface area contributed by atoms with Gasteiger partial charge < -0.3 is 25.4 Å². The van der Waals surface area contributed by atoms with E-state index in [1.165, 1.54) is 30.7 Å². The quantitative estimate of drug-likeness (QED) is 0.166. The lowest BCUT2D eigenvalue weighted by Crippen LogP contribution is -2.70. The van der Waals surface area contributed by atoms with Gasteiger partial charge >= 0.3 is 11.9 Å². The van der Waals surface area contributed by atoms with Gasteiger partial charge in [-0.1, -0.05) is 23.4 Å². The van der Waals surface area contributed by atoms with Gasteiger partial charge in [0.15, 0.2) is 10.8 Å². The second kappa shape index (κ2) is 10.8. The van der Waals surface area contributed by atoms with Crippen LogP contribution in [-0.2, 0) is 28.7 Å². The van der Waals surface area contributed by atoms with Gasteiger partial charge in [0.2, 0.25) is 6.29 Å². The van der Waals surface area contributed by atoms with Gasteiger partial charge in [0.1, 0.15) is 29.9 Å². The number of anilines is 1. The minimum Gasteiger partial charge on any atom is -0.422 e. The van der Waals surface area contributed by atoms with Crippen molar-refractivity contribution in [2.24, 2.45) is 5.16 Å². The summed E-state index contributed by atoms with van der Waals surface area (Å²) in [7, 11) is 1.27. The Morgan fingerprint density at radius 2 is 1.94 bits per heavy atom. The molecule has 0 bridgehead atoms. The van der Waals surface area contributed by atoms with E-state index in [2.05, 4.69) is 15.5 Å². The monoisotopic (exact) mass is 531 g/mol. The number of hydrogen-bond acceptors (Lipinski definition) is 12. The van der Waals surface area contributed by atoms with E-state index >= 15 is 0 Å². The molecule has 2 amide bonds. The molecule has 4 rings (SSSR count). The molecular formula is C22H21N5O7S2. The first-order valence-corrected chi connectivity index (χ1v) is 12.5. The van der Waals surface area contributed by atoms with Crippen molar-refractivity contribution >= 4 is 57.7 Å². The molecule has 12 nitrogen and oxygen atoms in total. The zero-order chi connectivity index (χ0) is 25.8. The first kappa shape index (κ1) is 25.2. The predicted molar refractivity (Wildman–Crippen MR) is 131 cm³/mol. The van der Waals surface area contributed by atoms with Crippen LogP contribution in [0.5, 0.6) is 0 Å². The van der Waals surface area contributed by atoms with Crippen molar-refractivity contribution in [1.82, 2.24) is 15.2 Å². The summed E-state index contributed by atoms with van der Waals surface area (Å²) in [6.45, 7) is 1.40. The Hall–Kier alpha value is -3.91. The fourth-order valence-corrected chi connectivity index (χ4v) is 5.20. The molecule has 0 radical (unpaired) electrons. The van der Waals surface area contributed by atoms with Crippen LogP contribution in [0.1, 0.15) is 23.0 Å². The van der Waals surface area contributed by atoms with E-state index in [1.54, 1.807) is 41.8 Å². The molecule has 0 aliphatic carbocycles. The van der Waals surface area contributed by atoms with Gasteiger partial charge in [-0.2, -0.15) is 0 Å². The maximum atomic E-state index is 12.9. The normalized spacial score (nSPS) is 19.8. The van der Waals surface area contributed by atoms with Crippen LogP contribution < -0.4 is 11.1 Å². The van der Waals surface area contributed by atoms with Crippen molar-refractivity contribution in [3.05, 3.63) is 58.7 Å². The number of carbonyl (C=O) groups excluding carboxylic acids is 4. The lowest BCUT2D eigenvalue weighted by atomic mass is 10.0. The third kappa shape index (κ3) is 5.18. The van der Waals surface area contributed by atoms with Crippen LogP contribution in [0.3, 0.4) is 0 Å². The smallest absolute Gasteiger partial charge is 0.357 e. The Labute approximate surface area is 213 Å².